The van der Waals surface area contributed by atoms with E-state index in [-0.39, 0.29) is 13.2 Å². The van der Waals surface area contributed by atoms with Crippen molar-refractivity contribution in [2.45, 2.75) is 6.61 Å². The lowest BCUT2D eigenvalue weighted by Crippen LogP contribution is -2.24. The van der Waals surface area contributed by atoms with Crippen LogP contribution >= 0.6 is 34.8 Å². The molecule has 0 heterocycles. The summed E-state index contributed by atoms with van der Waals surface area (Å²) in [5.74, 6) is 1.04. The van der Waals surface area contributed by atoms with E-state index in [1.807, 2.05) is 0 Å². The Hall–Kier alpha value is -2.93. The molecule has 3 rings (SSSR count). The molecule has 166 valence electrons. The number of rotatable bonds is 9. The van der Waals surface area contributed by atoms with E-state index in [0.29, 0.717) is 37.9 Å². The molecule has 9 heteroatoms. The van der Waals surface area contributed by atoms with Gasteiger partial charge in [-0.05, 0) is 48.0 Å². The predicted octanol–water partition coefficient (Wildman–Crippen LogP) is 5.76. The molecule has 0 aromatic heterocycles. The van der Waals surface area contributed by atoms with Crippen LogP contribution in [-0.2, 0) is 11.4 Å². The standard InChI is InChI=1S/C23H19Cl3N2O4/c1-30-22-10-15(6-9-21(22)31-13-16-7-8-17(24)11-19(16)26)12-27-28-23(29)14-32-20-5-3-2-4-18(20)25/h2-12H,13-14H2,1H3,(H,28,29)/b27-12-. The van der Waals surface area contributed by atoms with Crippen molar-refractivity contribution in [2.24, 2.45) is 5.10 Å². The topological polar surface area (TPSA) is 69.2 Å². The van der Waals surface area contributed by atoms with E-state index in [1.165, 1.54) is 13.3 Å². The summed E-state index contributed by atoms with van der Waals surface area (Å²) in [5.41, 5.74) is 3.89. The smallest absolute Gasteiger partial charge is 0.277 e. The first-order chi connectivity index (χ1) is 15.5. The molecule has 0 saturated heterocycles. The lowest BCUT2D eigenvalue weighted by Gasteiger charge is -2.12. The summed E-state index contributed by atoms with van der Waals surface area (Å²) in [6.07, 6.45) is 1.48. The van der Waals surface area contributed by atoms with Crippen LogP contribution in [0, 0.1) is 0 Å². The van der Waals surface area contributed by atoms with Gasteiger partial charge in [0, 0.05) is 15.6 Å². The van der Waals surface area contributed by atoms with E-state index in [4.69, 9.17) is 49.0 Å². The molecule has 0 fully saturated rings. The Kier molecular flexibility index (Phi) is 8.62. The lowest BCUT2D eigenvalue weighted by molar-refractivity contribution is -0.123. The number of para-hydroxylation sites is 1. The summed E-state index contributed by atoms with van der Waals surface area (Å²) in [7, 11) is 1.53. The number of hydrogen-bond acceptors (Lipinski definition) is 5. The second-order valence-corrected chi connectivity index (χ2v) is 7.70. The van der Waals surface area contributed by atoms with Gasteiger partial charge in [0.1, 0.15) is 12.4 Å². The van der Waals surface area contributed by atoms with Crippen molar-refractivity contribution < 1.29 is 19.0 Å². The Morgan fingerprint density at radius 3 is 2.50 bits per heavy atom. The molecular formula is C23H19Cl3N2O4. The van der Waals surface area contributed by atoms with Crippen molar-refractivity contribution in [1.29, 1.82) is 0 Å². The Bertz CT molecular complexity index is 1120. The number of carbonyl (C=O) groups excluding carboxylic acids is 1. The zero-order valence-electron chi connectivity index (χ0n) is 17.0. The third-order valence-electron chi connectivity index (χ3n) is 4.18. The van der Waals surface area contributed by atoms with Crippen LogP contribution in [0.4, 0.5) is 0 Å². The SMILES string of the molecule is COc1cc(/C=N\NC(=O)COc2ccccc2Cl)ccc1OCc1ccc(Cl)cc1Cl. The molecule has 0 atom stereocenters. The van der Waals surface area contributed by atoms with E-state index in [9.17, 15) is 4.79 Å². The van der Waals surface area contributed by atoms with Crippen molar-refractivity contribution >= 4 is 46.9 Å². The van der Waals surface area contributed by atoms with E-state index in [0.717, 1.165) is 5.56 Å². The monoisotopic (exact) mass is 492 g/mol. The molecule has 0 bridgehead atoms. The molecule has 3 aromatic rings. The van der Waals surface area contributed by atoms with Crippen LogP contribution in [0.15, 0.2) is 65.8 Å². The Balaban J connectivity index is 1.54. The van der Waals surface area contributed by atoms with E-state index in [2.05, 4.69) is 10.5 Å². The zero-order valence-corrected chi connectivity index (χ0v) is 19.2. The minimum absolute atomic E-state index is 0.218. The highest BCUT2D eigenvalue weighted by atomic mass is 35.5. The van der Waals surface area contributed by atoms with E-state index in [1.54, 1.807) is 60.7 Å². The number of amides is 1. The summed E-state index contributed by atoms with van der Waals surface area (Å²) in [4.78, 5) is 11.9. The third kappa shape index (κ3) is 6.79. The van der Waals surface area contributed by atoms with Crippen LogP contribution in [0.25, 0.3) is 0 Å². The molecule has 0 unspecified atom stereocenters. The maximum Gasteiger partial charge on any atom is 0.277 e. The molecule has 1 N–H and O–H groups in total. The van der Waals surface area contributed by atoms with E-state index >= 15 is 0 Å². The Morgan fingerprint density at radius 1 is 0.938 bits per heavy atom. The normalized spacial score (nSPS) is 10.8. The fourth-order valence-corrected chi connectivity index (χ4v) is 3.25. The number of halogens is 3. The first kappa shape index (κ1) is 23.7. The molecule has 0 aliphatic heterocycles. The van der Waals surface area contributed by atoms with Crippen LogP contribution in [0.5, 0.6) is 17.2 Å². The van der Waals surface area contributed by atoms with Crippen molar-refractivity contribution in [1.82, 2.24) is 5.43 Å². The molecule has 32 heavy (non-hydrogen) atoms. The molecule has 6 nitrogen and oxygen atoms in total. The van der Waals surface area contributed by atoms with Gasteiger partial charge in [0.25, 0.3) is 5.91 Å². The van der Waals surface area contributed by atoms with Crippen LogP contribution in [0.3, 0.4) is 0 Å². The minimum Gasteiger partial charge on any atom is -0.493 e. The Labute approximate surface area is 200 Å². The van der Waals surface area contributed by atoms with Gasteiger partial charge in [-0.25, -0.2) is 5.43 Å². The van der Waals surface area contributed by atoms with E-state index < -0.39 is 5.91 Å². The number of nitrogens with one attached hydrogen (secondary N) is 1. The van der Waals surface area contributed by atoms with Crippen molar-refractivity contribution in [3.63, 3.8) is 0 Å². The third-order valence-corrected chi connectivity index (χ3v) is 5.08. The van der Waals surface area contributed by atoms with Gasteiger partial charge in [0.05, 0.1) is 18.3 Å². The number of carbonyl (C=O) groups is 1. The maximum absolute atomic E-state index is 11.9. The zero-order chi connectivity index (χ0) is 22.9. The first-order valence-corrected chi connectivity index (χ1v) is 10.5. The van der Waals surface area contributed by atoms with Gasteiger partial charge in [-0.15, -0.1) is 0 Å². The van der Waals surface area contributed by atoms with Gasteiger partial charge in [-0.2, -0.15) is 5.10 Å². The predicted molar refractivity (Wildman–Crippen MR) is 126 cm³/mol. The number of hydrogen-bond donors (Lipinski definition) is 1. The summed E-state index contributed by atoms with van der Waals surface area (Å²) >= 11 is 18.1. The highest BCUT2D eigenvalue weighted by molar-refractivity contribution is 6.35. The van der Waals surface area contributed by atoms with Crippen molar-refractivity contribution in [3.05, 3.63) is 86.9 Å². The summed E-state index contributed by atoms with van der Waals surface area (Å²) < 4.78 is 16.6. The van der Waals surface area contributed by atoms with Crippen LogP contribution < -0.4 is 19.6 Å². The minimum atomic E-state index is -0.423. The number of ether oxygens (including phenoxy) is 3. The maximum atomic E-state index is 11.9. The quantitative estimate of drug-likeness (QED) is 0.304. The fourth-order valence-electron chi connectivity index (χ4n) is 2.59. The summed E-state index contributed by atoms with van der Waals surface area (Å²) in [5, 5.41) is 5.44. The fraction of sp³-hybridized carbons (Fsp3) is 0.130. The molecule has 3 aromatic carbocycles. The second kappa shape index (κ2) is 11.6. The number of hydrazone groups is 1. The van der Waals surface area contributed by atoms with Gasteiger partial charge in [0.15, 0.2) is 18.1 Å². The largest absolute Gasteiger partial charge is 0.493 e. The number of methoxy groups -OCH3 is 1. The first-order valence-electron chi connectivity index (χ1n) is 9.40. The molecule has 0 radical (unpaired) electrons. The molecule has 0 aliphatic rings. The molecule has 1 amide bonds. The lowest BCUT2D eigenvalue weighted by atomic mass is 10.2. The van der Waals surface area contributed by atoms with Gasteiger partial charge in [0.2, 0.25) is 0 Å². The molecule has 0 saturated carbocycles. The van der Waals surface area contributed by atoms with Gasteiger partial charge in [-0.1, -0.05) is 53.0 Å². The van der Waals surface area contributed by atoms with Crippen molar-refractivity contribution in [2.75, 3.05) is 13.7 Å². The van der Waals surface area contributed by atoms with Crippen LogP contribution in [0.1, 0.15) is 11.1 Å². The number of benzene rings is 3. The highest BCUT2D eigenvalue weighted by Crippen LogP contribution is 2.30. The molecule has 0 spiro atoms. The van der Waals surface area contributed by atoms with Crippen molar-refractivity contribution in [3.8, 4) is 17.2 Å². The van der Waals surface area contributed by atoms with Gasteiger partial charge < -0.3 is 14.2 Å². The molecule has 0 aliphatic carbocycles. The Morgan fingerprint density at radius 2 is 1.75 bits per heavy atom. The average Bonchev–Trinajstić information content (AvgIpc) is 2.78. The van der Waals surface area contributed by atoms with Gasteiger partial charge >= 0.3 is 0 Å². The van der Waals surface area contributed by atoms with Crippen LogP contribution in [-0.4, -0.2) is 25.8 Å². The second-order valence-electron chi connectivity index (χ2n) is 6.45. The van der Waals surface area contributed by atoms with Crippen LogP contribution in [0.2, 0.25) is 15.1 Å². The average molecular weight is 494 g/mol. The van der Waals surface area contributed by atoms with Gasteiger partial charge in [-0.3, -0.25) is 4.79 Å². The molecular weight excluding hydrogens is 475 g/mol. The summed E-state index contributed by atoms with van der Waals surface area (Å²) in [6.45, 7) is 0.0334. The number of nitrogens with zero attached hydrogens (tertiary/aromatic N) is 1. The summed E-state index contributed by atoms with van der Waals surface area (Å²) in [6, 6.07) is 17.4. The highest BCUT2D eigenvalue weighted by Gasteiger charge is 2.08.